The van der Waals surface area contributed by atoms with Crippen molar-refractivity contribution in [1.29, 1.82) is 0 Å². The van der Waals surface area contributed by atoms with E-state index in [1.807, 2.05) is 0 Å². The number of nitro groups is 1. The quantitative estimate of drug-likeness (QED) is 0.676. The SMILES string of the molecule is CCN(c1cc(C(F)(F)F)ncc1[N+](=O)[O-])C1CNC1. The average molecular weight is 290 g/mol. The second-order valence-electron chi connectivity index (χ2n) is 4.41. The van der Waals surface area contributed by atoms with Gasteiger partial charge in [0.25, 0.3) is 0 Å². The van der Waals surface area contributed by atoms with Crippen LogP contribution in [-0.2, 0) is 6.18 Å². The number of anilines is 1. The molecule has 1 saturated heterocycles. The molecule has 0 unspecified atom stereocenters. The van der Waals surface area contributed by atoms with Gasteiger partial charge in [0.1, 0.15) is 17.6 Å². The first kappa shape index (κ1) is 14.5. The standard InChI is InChI=1S/C11H13F3N4O2/c1-2-17(7-4-15-5-7)8-3-10(11(12,13)14)16-6-9(8)18(19)20/h3,6-7,15H,2,4-5H2,1H3. The lowest BCUT2D eigenvalue weighted by Crippen LogP contribution is -2.57. The zero-order valence-corrected chi connectivity index (χ0v) is 10.6. The van der Waals surface area contributed by atoms with Gasteiger partial charge < -0.3 is 10.2 Å². The molecule has 0 radical (unpaired) electrons. The van der Waals surface area contributed by atoms with Crippen molar-refractivity contribution in [3.8, 4) is 0 Å². The molecule has 0 amide bonds. The maximum atomic E-state index is 12.7. The fourth-order valence-corrected chi connectivity index (χ4v) is 2.08. The second-order valence-corrected chi connectivity index (χ2v) is 4.41. The van der Waals surface area contributed by atoms with Crippen LogP contribution in [0.15, 0.2) is 12.3 Å². The molecule has 0 saturated carbocycles. The minimum atomic E-state index is -4.62. The third kappa shape index (κ3) is 2.67. The van der Waals surface area contributed by atoms with Crippen molar-refractivity contribution in [2.75, 3.05) is 24.5 Å². The third-order valence-corrected chi connectivity index (χ3v) is 3.20. The lowest BCUT2D eigenvalue weighted by Gasteiger charge is -2.38. The van der Waals surface area contributed by atoms with Gasteiger partial charge in [0.05, 0.1) is 11.0 Å². The number of alkyl halides is 3. The summed E-state index contributed by atoms with van der Waals surface area (Å²) in [6.07, 6.45) is -3.95. The van der Waals surface area contributed by atoms with Gasteiger partial charge in [-0.2, -0.15) is 13.2 Å². The predicted molar refractivity (Wildman–Crippen MR) is 65.6 cm³/mol. The Hall–Kier alpha value is -1.90. The summed E-state index contributed by atoms with van der Waals surface area (Å²) in [5.41, 5.74) is -1.57. The molecule has 1 fully saturated rings. The normalized spacial score (nSPS) is 15.8. The van der Waals surface area contributed by atoms with Crippen molar-refractivity contribution < 1.29 is 18.1 Å². The number of nitrogens with one attached hydrogen (secondary N) is 1. The van der Waals surface area contributed by atoms with Crippen molar-refractivity contribution in [2.24, 2.45) is 0 Å². The molecule has 1 aromatic rings. The summed E-state index contributed by atoms with van der Waals surface area (Å²) >= 11 is 0. The topological polar surface area (TPSA) is 71.3 Å². The number of hydrogen-bond donors (Lipinski definition) is 1. The maximum absolute atomic E-state index is 12.7. The summed E-state index contributed by atoms with van der Waals surface area (Å²) in [4.78, 5) is 15.0. The van der Waals surface area contributed by atoms with Crippen LogP contribution in [0, 0.1) is 10.1 Å². The molecular formula is C11H13F3N4O2. The predicted octanol–water partition coefficient (Wildman–Crippen LogP) is 1.81. The van der Waals surface area contributed by atoms with Crippen molar-refractivity contribution in [1.82, 2.24) is 10.3 Å². The van der Waals surface area contributed by atoms with E-state index in [4.69, 9.17) is 0 Å². The van der Waals surface area contributed by atoms with Crippen LogP contribution < -0.4 is 10.2 Å². The van der Waals surface area contributed by atoms with E-state index in [1.54, 1.807) is 11.8 Å². The number of pyridine rings is 1. The van der Waals surface area contributed by atoms with Crippen LogP contribution in [0.25, 0.3) is 0 Å². The smallest absolute Gasteiger partial charge is 0.361 e. The molecule has 0 bridgehead atoms. The van der Waals surface area contributed by atoms with Crippen molar-refractivity contribution in [3.05, 3.63) is 28.1 Å². The number of halogens is 3. The highest BCUT2D eigenvalue weighted by molar-refractivity contribution is 5.64. The Labute approximate surface area is 112 Å². The molecule has 6 nitrogen and oxygen atoms in total. The Morgan fingerprint density at radius 1 is 1.55 bits per heavy atom. The van der Waals surface area contributed by atoms with Crippen LogP contribution >= 0.6 is 0 Å². The summed E-state index contributed by atoms with van der Waals surface area (Å²) in [6, 6.07) is 0.710. The van der Waals surface area contributed by atoms with Gasteiger partial charge in [0, 0.05) is 19.6 Å². The minimum Gasteiger partial charge on any atom is -0.361 e. The monoisotopic (exact) mass is 290 g/mol. The Morgan fingerprint density at radius 3 is 2.60 bits per heavy atom. The molecule has 1 aliphatic rings. The number of hydrogen-bond acceptors (Lipinski definition) is 5. The highest BCUT2D eigenvalue weighted by Crippen LogP contribution is 2.35. The molecule has 9 heteroatoms. The van der Waals surface area contributed by atoms with Crippen LogP contribution in [0.3, 0.4) is 0 Å². The third-order valence-electron chi connectivity index (χ3n) is 3.20. The van der Waals surface area contributed by atoms with E-state index < -0.39 is 22.5 Å². The van der Waals surface area contributed by atoms with Gasteiger partial charge in [-0.15, -0.1) is 0 Å². The first-order valence-electron chi connectivity index (χ1n) is 6.03. The largest absolute Gasteiger partial charge is 0.433 e. The molecule has 0 spiro atoms. The summed E-state index contributed by atoms with van der Waals surface area (Å²) in [6.45, 7) is 3.31. The number of aromatic nitrogens is 1. The first-order chi connectivity index (χ1) is 9.34. The second kappa shape index (κ2) is 5.23. The summed E-state index contributed by atoms with van der Waals surface area (Å²) < 4.78 is 38.1. The van der Waals surface area contributed by atoms with Gasteiger partial charge in [-0.3, -0.25) is 10.1 Å². The van der Waals surface area contributed by atoms with Gasteiger partial charge in [-0.25, -0.2) is 4.98 Å². The van der Waals surface area contributed by atoms with Gasteiger partial charge >= 0.3 is 11.9 Å². The molecule has 2 heterocycles. The molecule has 0 atom stereocenters. The summed E-state index contributed by atoms with van der Waals surface area (Å²) in [5.74, 6) is 0. The Balaban J connectivity index is 2.48. The van der Waals surface area contributed by atoms with E-state index in [2.05, 4.69) is 10.3 Å². The average Bonchev–Trinajstić information content (AvgIpc) is 2.31. The Bertz CT molecular complexity index is 517. The molecular weight excluding hydrogens is 277 g/mol. The number of rotatable bonds is 4. The van der Waals surface area contributed by atoms with Gasteiger partial charge in [-0.1, -0.05) is 0 Å². The zero-order valence-electron chi connectivity index (χ0n) is 10.6. The fourth-order valence-electron chi connectivity index (χ4n) is 2.08. The number of nitrogens with zero attached hydrogens (tertiary/aromatic N) is 3. The van der Waals surface area contributed by atoms with E-state index in [0.717, 1.165) is 6.07 Å². The van der Waals surface area contributed by atoms with Crippen molar-refractivity contribution in [3.63, 3.8) is 0 Å². The van der Waals surface area contributed by atoms with Crippen LogP contribution in [0.2, 0.25) is 0 Å². The molecule has 1 aliphatic heterocycles. The molecule has 1 N–H and O–H groups in total. The molecule has 110 valence electrons. The lowest BCUT2D eigenvalue weighted by atomic mass is 10.1. The van der Waals surface area contributed by atoms with Crippen LogP contribution in [0.1, 0.15) is 12.6 Å². The number of likely N-dealkylation sites (N-methyl/N-ethyl adjacent to an activating group) is 1. The fraction of sp³-hybridized carbons (Fsp3) is 0.545. The van der Waals surface area contributed by atoms with Crippen LogP contribution in [0.5, 0.6) is 0 Å². The lowest BCUT2D eigenvalue weighted by molar-refractivity contribution is -0.384. The van der Waals surface area contributed by atoms with E-state index in [1.165, 1.54) is 0 Å². The molecule has 0 aliphatic carbocycles. The molecule has 2 rings (SSSR count). The van der Waals surface area contributed by atoms with Gasteiger partial charge in [0.2, 0.25) is 0 Å². The maximum Gasteiger partial charge on any atom is 0.433 e. The van der Waals surface area contributed by atoms with Crippen LogP contribution in [-0.4, -0.2) is 35.6 Å². The highest BCUT2D eigenvalue weighted by Gasteiger charge is 2.36. The van der Waals surface area contributed by atoms with Crippen molar-refractivity contribution >= 4 is 11.4 Å². The van der Waals surface area contributed by atoms with E-state index in [9.17, 15) is 23.3 Å². The summed E-state index contributed by atoms with van der Waals surface area (Å²) in [7, 11) is 0. The molecule has 20 heavy (non-hydrogen) atoms. The Kier molecular flexibility index (Phi) is 3.80. The van der Waals surface area contributed by atoms with E-state index >= 15 is 0 Å². The van der Waals surface area contributed by atoms with Crippen LogP contribution in [0.4, 0.5) is 24.5 Å². The molecule has 1 aromatic heterocycles. The van der Waals surface area contributed by atoms with E-state index in [-0.39, 0.29) is 11.7 Å². The van der Waals surface area contributed by atoms with Crippen molar-refractivity contribution in [2.45, 2.75) is 19.1 Å². The van der Waals surface area contributed by atoms with Gasteiger partial charge in [-0.05, 0) is 13.0 Å². The molecule has 0 aromatic carbocycles. The van der Waals surface area contributed by atoms with Gasteiger partial charge in [0.15, 0.2) is 0 Å². The first-order valence-corrected chi connectivity index (χ1v) is 6.03. The minimum absolute atomic E-state index is 0.0358. The van der Waals surface area contributed by atoms with E-state index in [0.29, 0.717) is 25.8 Å². The zero-order chi connectivity index (χ0) is 14.9. The highest BCUT2D eigenvalue weighted by atomic mass is 19.4. The Morgan fingerprint density at radius 2 is 2.20 bits per heavy atom. The summed E-state index contributed by atoms with van der Waals surface area (Å²) in [5, 5.41) is 14.0.